The number of benzene rings is 2. The minimum absolute atomic E-state index is 0.0710. The summed E-state index contributed by atoms with van der Waals surface area (Å²) in [5.41, 5.74) is 3.29. The van der Waals surface area contributed by atoms with Gasteiger partial charge in [0.05, 0.1) is 11.7 Å². The zero-order valence-electron chi connectivity index (χ0n) is 19.4. The molecule has 34 heavy (non-hydrogen) atoms. The molecular weight excluding hydrogens is 431 g/mol. The molecule has 1 aliphatic heterocycles. The Morgan fingerprint density at radius 3 is 2.35 bits per heavy atom. The Labute approximate surface area is 199 Å². The van der Waals surface area contributed by atoms with Gasteiger partial charge in [-0.3, -0.25) is 14.7 Å². The lowest BCUT2D eigenvalue weighted by molar-refractivity contribution is -0.126. The lowest BCUT2D eigenvalue weighted by atomic mass is 9.94. The monoisotopic (exact) mass is 460 g/mol. The predicted octanol–water partition coefficient (Wildman–Crippen LogP) is 4.70. The van der Waals surface area contributed by atoms with E-state index in [9.17, 15) is 14.0 Å². The third-order valence-corrected chi connectivity index (χ3v) is 6.38. The molecule has 1 aliphatic rings. The van der Waals surface area contributed by atoms with Crippen LogP contribution in [0.2, 0.25) is 0 Å². The second-order valence-corrected chi connectivity index (χ2v) is 8.64. The zero-order valence-corrected chi connectivity index (χ0v) is 19.4. The highest BCUT2D eigenvalue weighted by atomic mass is 19.1. The number of amides is 3. The summed E-state index contributed by atoms with van der Waals surface area (Å²) in [6.07, 6.45) is 2.85. The predicted molar refractivity (Wildman–Crippen MR) is 130 cm³/mol. The van der Waals surface area contributed by atoms with Crippen molar-refractivity contribution in [2.75, 3.05) is 25.0 Å². The first-order valence-electron chi connectivity index (χ1n) is 11.5. The summed E-state index contributed by atoms with van der Waals surface area (Å²) in [5.74, 6) is -0.620. The van der Waals surface area contributed by atoms with Gasteiger partial charge in [-0.25, -0.2) is 9.18 Å². The fourth-order valence-electron chi connectivity index (χ4n) is 4.33. The maximum absolute atomic E-state index is 13.5. The number of halogens is 1. The van der Waals surface area contributed by atoms with Crippen molar-refractivity contribution in [1.82, 2.24) is 15.2 Å². The van der Waals surface area contributed by atoms with Gasteiger partial charge in [-0.05, 0) is 61.2 Å². The quantitative estimate of drug-likeness (QED) is 0.600. The number of likely N-dealkylation sites (tertiary alicyclic amines) is 1. The maximum Gasteiger partial charge on any atom is 0.324 e. The molecule has 2 heterocycles. The van der Waals surface area contributed by atoms with E-state index in [-0.39, 0.29) is 23.7 Å². The Hall–Kier alpha value is -3.74. The molecule has 7 heteroatoms. The van der Waals surface area contributed by atoms with E-state index in [4.69, 9.17) is 0 Å². The highest BCUT2D eigenvalue weighted by Gasteiger charge is 2.31. The average molecular weight is 461 g/mol. The standard InChI is InChI=1S/C27H29FN4O2/c1-19-7-6-16-29-24(19)25(20-10-12-22(28)13-11-20)30-26(33)21-14-17-32(18-15-21)27(34)31(2)23-8-4-3-5-9-23/h3-13,16,21,25H,14-15,17-18H2,1-2H3,(H,30,33). The van der Waals surface area contributed by atoms with Crippen LogP contribution in [-0.2, 0) is 4.79 Å². The minimum Gasteiger partial charge on any atom is -0.343 e. The molecule has 1 N–H and O–H groups in total. The summed E-state index contributed by atoms with van der Waals surface area (Å²) in [4.78, 5) is 34.1. The number of hydrogen-bond acceptors (Lipinski definition) is 3. The molecule has 2 aromatic carbocycles. The largest absolute Gasteiger partial charge is 0.343 e. The minimum atomic E-state index is -0.474. The van der Waals surface area contributed by atoms with Crippen LogP contribution in [-0.4, -0.2) is 42.0 Å². The summed E-state index contributed by atoms with van der Waals surface area (Å²) in [6, 6.07) is 18.9. The first-order valence-corrected chi connectivity index (χ1v) is 11.5. The average Bonchev–Trinajstić information content (AvgIpc) is 2.88. The third kappa shape index (κ3) is 5.25. The number of para-hydroxylation sites is 1. The second kappa shape index (κ2) is 10.5. The number of anilines is 1. The van der Waals surface area contributed by atoms with Crippen molar-refractivity contribution in [2.24, 2.45) is 5.92 Å². The number of rotatable bonds is 5. The van der Waals surface area contributed by atoms with Gasteiger partial charge < -0.3 is 10.2 Å². The van der Waals surface area contributed by atoms with Gasteiger partial charge in [-0.15, -0.1) is 0 Å². The molecule has 4 rings (SSSR count). The van der Waals surface area contributed by atoms with Crippen LogP contribution in [0, 0.1) is 18.7 Å². The molecule has 1 saturated heterocycles. The molecule has 1 aromatic heterocycles. The summed E-state index contributed by atoms with van der Waals surface area (Å²) in [5, 5.41) is 3.13. The molecule has 0 bridgehead atoms. The van der Waals surface area contributed by atoms with Crippen LogP contribution in [0.4, 0.5) is 14.9 Å². The smallest absolute Gasteiger partial charge is 0.324 e. The van der Waals surface area contributed by atoms with Gasteiger partial charge in [0.2, 0.25) is 5.91 Å². The van der Waals surface area contributed by atoms with Gasteiger partial charge >= 0.3 is 6.03 Å². The molecule has 6 nitrogen and oxygen atoms in total. The second-order valence-electron chi connectivity index (χ2n) is 8.64. The molecule has 0 radical (unpaired) electrons. The number of nitrogens with one attached hydrogen (secondary N) is 1. The van der Waals surface area contributed by atoms with Gasteiger partial charge in [0.25, 0.3) is 0 Å². The van der Waals surface area contributed by atoms with Crippen LogP contribution < -0.4 is 10.2 Å². The number of piperidine rings is 1. The summed E-state index contributed by atoms with van der Waals surface area (Å²) >= 11 is 0. The number of hydrogen-bond donors (Lipinski definition) is 1. The number of urea groups is 1. The summed E-state index contributed by atoms with van der Waals surface area (Å²) in [7, 11) is 1.76. The van der Waals surface area contributed by atoms with E-state index in [0.29, 0.717) is 25.9 Å². The van der Waals surface area contributed by atoms with Gasteiger partial charge in [-0.1, -0.05) is 36.4 Å². The molecule has 1 fully saturated rings. The lowest BCUT2D eigenvalue weighted by Crippen LogP contribution is -2.48. The first-order chi connectivity index (χ1) is 16.4. The van der Waals surface area contributed by atoms with E-state index in [0.717, 1.165) is 22.5 Å². The van der Waals surface area contributed by atoms with Gasteiger partial charge in [-0.2, -0.15) is 0 Å². The number of nitrogens with zero attached hydrogens (tertiary/aromatic N) is 3. The fraction of sp³-hybridized carbons (Fsp3) is 0.296. The van der Waals surface area contributed by atoms with Crippen molar-refractivity contribution >= 4 is 17.6 Å². The van der Waals surface area contributed by atoms with Gasteiger partial charge in [0.1, 0.15) is 5.82 Å². The van der Waals surface area contributed by atoms with E-state index in [1.807, 2.05) is 49.4 Å². The molecule has 3 amide bonds. The van der Waals surface area contributed by atoms with Gasteiger partial charge in [0, 0.05) is 37.9 Å². The van der Waals surface area contributed by atoms with Gasteiger partial charge in [0.15, 0.2) is 0 Å². The van der Waals surface area contributed by atoms with E-state index in [1.54, 1.807) is 35.2 Å². The van der Waals surface area contributed by atoms with Crippen LogP contribution in [0.1, 0.15) is 35.7 Å². The summed E-state index contributed by atoms with van der Waals surface area (Å²) in [6.45, 7) is 2.97. The number of aromatic nitrogens is 1. The molecule has 3 aromatic rings. The Morgan fingerprint density at radius 1 is 1.03 bits per heavy atom. The SMILES string of the molecule is Cc1cccnc1C(NC(=O)C1CCN(C(=O)N(C)c2ccccc2)CC1)c1ccc(F)cc1. The van der Waals surface area contributed by atoms with E-state index in [1.165, 1.54) is 12.1 Å². The molecule has 0 spiro atoms. The van der Waals surface area contributed by atoms with Crippen molar-refractivity contribution in [3.05, 3.63) is 95.6 Å². The molecule has 1 unspecified atom stereocenters. The van der Waals surface area contributed by atoms with E-state index >= 15 is 0 Å². The number of pyridine rings is 1. The number of carbonyl (C=O) groups is 2. The first kappa shape index (κ1) is 23.4. The highest BCUT2D eigenvalue weighted by Crippen LogP contribution is 2.26. The third-order valence-electron chi connectivity index (χ3n) is 6.38. The zero-order chi connectivity index (χ0) is 24.1. The molecular formula is C27H29FN4O2. The van der Waals surface area contributed by atoms with Crippen LogP contribution in [0.3, 0.4) is 0 Å². The Bertz CT molecular complexity index is 1130. The molecule has 176 valence electrons. The number of carbonyl (C=O) groups excluding carboxylic acids is 2. The topological polar surface area (TPSA) is 65.5 Å². The number of aryl methyl sites for hydroxylation is 1. The Kier molecular flexibility index (Phi) is 7.21. The Balaban J connectivity index is 1.43. The Morgan fingerprint density at radius 2 is 1.71 bits per heavy atom. The lowest BCUT2D eigenvalue weighted by Gasteiger charge is -2.34. The van der Waals surface area contributed by atoms with Crippen molar-refractivity contribution in [2.45, 2.75) is 25.8 Å². The fourth-order valence-corrected chi connectivity index (χ4v) is 4.33. The van der Waals surface area contributed by atoms with Crippen molar-refractivity contribution in [3.63, 3.8) is 0 Å². The van der Waals surface area contributed by atoms with Crippen LogP contribution in [0.25, 0.3) is 0 Å². The van der Waals surface area contributed by atoms with Crippen molar-refractivity contribution in [3.8, 4) is 0 Å². The normalized spacial score (nSPS) is 15.0. The molecule has 0 aliphatic carbocycles. The highest BCUT2D eigenvalue weighted by molar-refractivity contribution is 5.91. The molecule has 0 saturated carbocycles. The maximum atomic E-state index is 13.5. The molecule has 1 atom stereocenters. The van der Waals surface area contributed by atoms with E-state index < -0.39 is 6.04 Å². The van der Waals surface area contributed by atoms with Crippen molar-refractivity contribution < 1.29 is 14.0 Å². The summed E-state index contributed by atoms with van der Waals surface area (Å²) < 4.78 is 13.5. The van der Waals surface area contributed by atoms with Crippen LogP contribution >= 0.6 is 0 Å². The van der Waals surface area contributed by atoms with Crippen LogP contribution in [0.5, 0.6) is 0 Å². The van der Waals surface area contributed by atoms with Crippen molar-refractivity contribution in [1.29, 1.82) is 0 Å². The van der Waals surface area contributed by atoms with E-state index in [2.05, 4.69) is 10.3 Å². The van der Waals surface area contributed by atoms with Crippen LogP contribution in [0.15, 0.2) is 72.9 Å².